The number of nitrogen functional groups attached to an aromatic ring is 1. The molecule has 1 aromatic rings. The summed E-state index contributed by atoms with van der Waals surface area (Å²) in [4.78, 5) is 31.0. The first-order valence-corrected chi connectivity index (χ1v) is 10.8. The summed E-state index contributed by atoms with van der Waals surface area (Å²) in [5.74, 6) is -0.241. The number of aliphatic hydroxyl groups is 1. The SMILES string of the molecule is B[PH]1(OCOC(C)=O)OC[C@H]2OC(N3CNc4c3nc(N)[nH]c4=O)C(O)[C@@H]2O1. The Bertz CT molecular complexity index is 844. The number of nitrogens with one attached hydrogen (secondary N) is 2. The molecule has 28 heavy (non-hydrogen) atoms. The van der Waals surface area contributed by atoms with Crippen molar-refractivity contribution in [3.8, 4) is 0 Å². The number of carbonyl (C=O) groups is 1. The van der Waals surface area contributed by atoms with Gasteiger partial charge in [0.2, 0.25) is 0 Å². The molecule has 2 fully saturated rings. The van der Waals surface area contributed by atoms with Crippen LogP contribution in [0.5, 0.6) is 0 Å². The molecule has 4 atom stereocenters. The summed E-state index contributed by atoms with van der Waals surface area (Å²) >= 11 is 0. The quantitative estimate of drug-likeness (QED) is 0.178. The molecule has 2 unspecified atom stereocenters. The van der Waals surface area contributed by atoms with Crippen LogP contribution < -0.4 is 21.5 Å². The Hall–Kier alpha value is -1.96. The van der Waals surface area contributed by atoms with Gasteiger partial charge in [0.15, 0.2) is 0 Å². The van der Waals surface area contributed by atoms with Crippen molar-refractivity contribution in [3.05, 3.63) is 10.4 Å². The average molecular weight is 417 g/mol. The number of nitrogens with two attached hydrogens (primary N) is 1. The van der Waals surface area contributed by atoms with Gasteiger partial charge in [-0.3, -0.25) is 0 Å². The van der Waals surface area contributed by atoms with Crippen molar-refractivity contribution in [2.45, 2.75) is 31.5 Å². The second-order valence-corrected chi connectivity index (χ2v) is 9.20. The number of ether oxygens (including phenoxy) is 2. The summed E-state index contributed by atoms with van der Waals surface area (Å²) in [6.45, 7) is 1.30. The van der Waals surface area contributed by atoms with Gasteiger partial charge < -0.3 is 0 Å². The van der Waals surface area contributed by atoms with Crippen LogP contribution in [0.4, 0.5) is 17.5 Å². The number of hydrogen-bond donors (Lipinski definition) is 4. The van der Waals surface area contributed by atoms with Crippen molar-refractivity contribution >= 4 is 38.8 Å². The topological polar surface area (TPSA) is 170 Å². The number of aromatic nitrogens is 2. The van der Waals surface area contributed by atoms with Crippen LogP contribution >= 0.6 is 7.82 Å². The minimum atomic E-state index is -3.13. The van der Waals surface area contributed by atoms with E-state index in [-0.39, 0.29) is 37.5 Å². The van der Waals surface area contributed by atoms with E-state index in [1.165, 1.54) is 6.92 Å². The van der Waals surface area contributed by atoms with Crippen molar-refractivity contribution < 1.29 is 32.9 Å². The van der Waals surface area contributed by atoms with Gasteiger partial charge in [0.1, 0.15) is 0 Å². The molecule has 4 heterocycles. The van der Waals surface area contributed by atoms with Gasteiger partial charge in [0.05, 0.1) is 0 Å². The van der Waals surface area contributed by atoms with Gasteiger partial charge in [-0.05, 0) is 0 Å². The molecule has 3 aliphatic heterocycles. The van der Waals surface area contributed by atoms with Crippen LogP contribution in [0.2, 0.25) is 0 Å². The minimum absolute atomic E-state index is 0.0409. The van der Waals surface area contributed by atoms with Crippen molar-refractivity contribution in [2.24, 2.45) is 0 Å². The van der Waals surface area contributed by atoms with Gasteiger partial charge in [-0.2, -0.15) is 0 Å². The Morgan fingerprint density at radius 1 is 1.57 bits per heavy atom. The van der Waals surface area contributed by atoms with E-state index in [0.29, 0.717) is 0 Å². The van der Waals surface area contributed by atoms with Crippen molar-refractivity contribution in [1.29, 1.82) is 0 Å². The number of aliphatic hydroxyl groups excluding tert-OH is 1. The van der Waals surface area contributed by atoms with Gasteiger partial charge in [0, 0.05) is 0 Å². The van der Waals surface area contributed by atoms with Crippen LogP contribution in [0.25, 0.3) is 0 Å². The van der Waals surface area contributed by atoms with Crippen LogP contribution in [0.1, 0.15) is 6.92 Å². The third-order valence-corrected chi connectivity index (χ3v) is 6.71. The van der Waals surface area contributed by atoms with Crippen LogP contribution in [0, 0.1) is 0 Å². The molecule has 5 N–H and O–H groups in total. The third kappa shape index (κ3) is 3.43. The molecule has 1 aromatic heterocycles. The number of H-pyrrole nitrogens is 1. The van der Waals surface area contributed by atoms with E-state index in [9.17, 15) is 14.7 Å². The second-order valence-electron chi connectivity index (χ2n) is 6.66. The molecule has 0 saturated carbocycles. The van der Waals surface area contributed by atoms with E-state index >= 15 is 0 Å². The normalized spacial score (nSPS) is 31.6. The number of aromatic amines is 1. The second kappa shape index (κ2) is 7.14. The van der Waals surface area contributed by atoms with E-state index in [1.807, 2.05) is 0 Å². The fraction of sp³-hybridized carbons (Fsp3) is 0.615. The van der Waals surface area contributed by atoms with E-state index in [0.717, 1.165) is 0 Å². The molecule has 2 saturated heterocycles. The van der Waals surface area contributed by atoms with Gasteiger partial charge in [-0.15, -0.1) is 0 Å². The summed E-state index contributed by atoms with van der Waals surface area (Å²) in [7, 11) is -1.49. The molecule has 13 nitrogen and oxygen atoms in total. The summed E-state index contributed by atoms with van der Waals surface area (Å²) in [6, 6.07) is 0. The number of hydrogen-bond acceptors (Lipinski definition) is 12. The van der Waals surface area contributed by atoms with Gasteiger partial charge in [-0.1, -0.05) is 0 Å². The molecule has 15 heteroatoms. The number of fused-ring (bicyclic) bond motifs is 2. The standard InChI is InChI=1S/C13H21BN5O8P/c1-5(20)23-4-25-28(14)24-2-6-9(27-28)8(21)12(26-6)19-3-16-7-10(19)17-13(15)18-11(7)22/h6,8-9,12,16,21,28H,2-4,14H2,1H3,(H3,15,17,18,22)/t6-,8?,9-,12?/m1/s1. The van der Waals surface area contributed by atoms with Gasteiger partial charge in [-0.25, -0.2) is 0 Å². The monoisotopic (exact) mass is 417 g/mol. The van der Waals surface area contributed by atoms with Gasteiger partial charge >= 0.3 is 160 Å². The number of rotatable bonds is 4. The Morgan fingerprint density at radius 2 is 2.36 bits per heavy atom. The zero-order valence-electron chi connectivity index (χ0n) is 15.2. The van der Waals surface area contributed by atoms with E-state index in [2.05, 4.69) is 15.3 Å². The van der Waals surface area contributed by atoms with E-state index in [4.69, 9.17) is 28.8 Å². The van der Waals surface area contributed by atoms with Crippen LogP contribution in [-0.4, -0.2) is 73.2 Å². The Kier molecular flexibility index (Phi) is 4.94. The first-order chi connectivity index (χ1) is 13.3. The van der Waals surface area contributed by atoms with E-state index in [1.54, 1.807) is 12.5 Å². The van der Waals surface area contributed by atoms with Crippen molar-refractivity contribution in [2.75, 3.05) is 36.0 Å². The number of anilines is 3. The maximum absolute atomic E-state index is 12.0. The summed E-state index contributed by atoms with van der Waals surface area (Å²) in [6.07, 6.45) is -3.14. The fourth-order valence-corrected chi connectivity index (χ4v) is 5.11. The van der Waals surface area contributed by atoms with E-state index < -0.39 is 43.9 Å². The summed E-state index contributed by atoms with van der Waals surface area (Å²) in [5.41, 5.74) is 5.47. The van der Waals surface area contributed by atoms with Crippen molar-refractivity contribution in [1.82, 2.24) is 9.97 Å². The molecule has 0 aliphatic carbocycles. The van der Waals surface area contributed by atoms with Crippen LogP contribution in [0.15, 0.2) is 4.79 Å². The molecule has 0 spiro atoms. The average Bonchev–Trinajstić information content (AvgIpc) is 3.16. The summed E-state index contributed by atoms with van der Waals surface area (Å²) < 4.78 is 27.7. The molecule has 4 rings (SSSR count). The molecule has 0 bridgehead atoms. The Labute approximate surface area is 160 Å². The molecule has 0 amide bonds. The van der Waals surface area contributed by atoms with Gasteiger partial charge in [0.25, 0.3) is 0 Å². The molecular formula is C13H21BN5O8P. The number of esters is 1. The predicted molar refractivity (Wildman–Crippen MR) is 100 cm³/mol. The molecule has 0 aromatic carbocycles. The van der Waals surface area contributed by atoms with Crippen LogP contribution in [-0.2, 0) is 27.8 Å². The Morgan fingerprint density at radius 3 is 3.11 bits per heavy atom. The zero-order valence-corrected chi connectivity index (χ0v) is 16.2. The molecule has 3 aliphatic rings. The third-order valence-electron chi connectivity index (χ3n) is 4.68. The fourth-order valence-electron chi connectivity index (χ4n) is 3.36. The number of carbonyl (C=O) groups excluding carboxylic acids is 1. The molecular weight excluding hydrogens is 396 g/mol. The number of nitrogens with zero attached hydrogens (tertiary/aromatic N) is 2. The molecule has 154 valence electrons. The first kappa shape index (κ1) is 19.4. The Balaban J connectivity index is 1.48. The maximum atomic E-state index is 12.0. The van der Waals surface area contributed by atoms with Crippen molar-refractivity contribution in [3.63, 3.8) is 0 Å². The predicted octanol–water partition coefficient (Wildman–Crippen LogP) is -2.38. The summed E-state index contributed by atoms with van der Waals surface area (Å²) in [5, 5.41) is 13.7. The first-order valence-electron chi connectivity index (χ1n) is 8.60. The van der Waals surface area contributed by atoms with Crippen LogP contribution in [0.3, 0.4) is 0 Å². The zero-order chi connectivity index (χ0) is 20.1. The molecule has 0 radical (unpaired) electrons.